The molecule has 2 atom stereocenters. The van der Waals surface area contributed by atoms with Gasteiger partial charge in [-0.25, -0.2) is 4.79 Å². The lowest BCUT2D eigenvalue weighted by atomic mass is 9.83. The van der Waals surface area contributed by atoms with E-state index in [0.717, 1.165) is 17.5 Å². The number of phenols is 1. The van der Waals surface area contributed by atoms with Crippen molar-refractivity contribution in [3.8, 4) is 5.75 Å². The number of likely N-dealkylation sites (tertiary alicyclic amines) is 1. The average molecular weight is 420 g/mol. The van der Waals surface area contributed by atoms with Gasteiger partial charge in [0, 0.05) is 48.3 Å². The number of amides is 1. The van der Waals surface area contributed by atoms with Crippen molar-refractivity contribution >= 4 is 16.9 Å². The molecule has 2 aliphatic rings. The van der Waals surface area contributed by atoms with Crippen molar-refractivity contribution in [2.24, 2.45) is 5.92 Å². The zero-order chi connectivity index (χ0) is 21.9. The number of rotatable bonds is 2. The first-order chi connectivity index (χ1) is 14.8. The number of carbonyl (C=O) groups excluding carboxylic acids is 1. The zero-order valence-corrected chi connectivity index (χ0v) is 17.6. The van der Waals surface area contributed by atoms with Crippen LogP contribution in [0.3, 0.4) is 0 Å². The van der Waals surface area contributed by atoms with Crippen LogP contribution >= 0.6 is 0 Å². The highest BCUT2D eigenvalue weighted by molar-refractivity contribution is 5.87. The third-order valence-electron chi connectivity index (χ3n) is 6.84. The maximum atomic E-state index is 13.2. The number of piperidine rings is 1. The molecular weight excluding hydrogens is 396 g/mol. The Balaban J connectivity index is 1.44. The molecule has 0 spiro atoms. The summed E-state index contributed by atoms with van der Waals surface area (Å²) in [7, 11) is 0. The van der Waals surface area contributed by atoms with E-state index in [4.69, 9.17) is 4.42 Å². The minimum atomic E-state index is -0.541. The van der Waals surface area contributed by atoms with E-state index < -0.39 is 5.63 Å². The molecule has 7 heteroatoms. The number of aryl methyl sites for hydroxylation is 2. The van der Waals surface area contributed by atoms with Gasteiger partial charge in [0.05, 0.1) is 12.0 Å². The van der Waals surface area contributed by atoms with Crippen LogP contribution in [0.5, 0.6) is 5.75 Å². The Labute approximate surface area is 178 Å². The van der Waals surface area contributed by atoms with Gasteiger partial charge in [0.15, 0.2) is 0 Å². The summed E-state index contributed by atoms with van der Waals surface area (Å²) < 4.78 is 7.32. The Bertz CT molecular complexity index is 1340. The molecule has 0 unspecified atom stereocenters. The van der Waals surface area contributed by atoms with E-state index >= 15 is 0 Å². The number of aromatic hydroxyl groups is 1. The van der Waals surface area contributed by atoms with Crippen LogP contribution in [0.4, 0.5) is 0 Å². The van der Waals surface area contributed by atoms with Gasteiger partial charge >= 0.3 is 5.63 Å². The molecule has 1 fully saturated rings. The third-order valence-corrected chi connectivity index (χ3v) is 6.84. The molecular formula is C24H24N2O5. The topological polar surface area (TPSA) is 92.8 Å². The fraction of sp³-hybridized carbons (Fsp3) is 0.375. The van der Waals surface area contributed by atoms with Crippen molar-refractivity contribution in [2.45, 2.75) is 39.2 Å². The molecule has 0 saturated carbocycles. The summed E-state index contributed by atoms with van der Waals surface area (Å²) >= 11 is 0. The number of fused-ring (bicyclic) bond motifs is 5. The molecule has 1 amide bonds. The summed E-state index contributed by atoms with van der Waals surface area (Å²) in [6.07, 6.45) is 0.943. The average Bonchev–Trinajstić information content (AvgIpc) is 2.74. The minimum absolute atomic E-state index is 0.0118. The van der Waals surface area contributed by atoms with Crippen LogP contribution in [-0.2, 0) is 17.8 Å². The molecule has 7 nitrogen and oxygen atoms in total. The van der Waals surface area contributed by atoms with E-state index in [1.165, 1.54) is 0 Å². The monoisotopic (exact) mass is 420 g/mol. The Morgan fingerprint density at radius 3 is 2.71 bits per heavy atom. The van der Waals surface area contributed by atoms with Gasteiger partial charge in [-0.1, -0.05) is 6.07 Å². The summed E-state index contributed by atoms with van der Waals surface area (Å²) in [5.41, 5.74) is 2.38. The van der Waals surface area contributed by atoms with Crippen molar-refractivity contribution in [2.75, 3.05) is 13.1 Å². The summed E-state index contributed by atoms with van der Waals surface area (Å²) in [5, 5.41) is 10.6. The molecule has 2 aliphatic heterocycles. The van der Waals surface area contributed by atoms with E-state index in [2.05, 4.69) is 0 Å². The van der Waals surface area contributed by atoms with Crippen LogP contribution < -0.4 is 11.2 Å². The molecule has 2 aromatic heterocycles. The highest BCUT2D eigenvalue weighted by atomic mass is 16.4. The van der Waals surface area contributed by atoms with E-state index in [1.807, 2.05) is 22.5 Å². The summed E-state index contributed by atoms with van der Waals surface area (Å²) in [6.45, 7) is 5.26. The number of hydrogen-bond donors (Lipinski definition) is 1. The Morgan fingerprint density at radius 2 is 1.90 bits per heavy atom. The molecule has 0 radical (unpaired) electrons. The predicted molar refractivity (Wildman–Crippen MR) is 115 cm³/mol. The summed E-state index contributed by atoms with van der Waals surface area (Å²) in [4.78, 5) is 39.9. The van der Waals surface area contributed by atoms with Crippen LogP contribution in [0.15, 0.2) is 44.3 Å². The van der Waals surface area contributed by atoms with Gasteiger partial charge in [-0.3, -0.25) is 9.59 Å². The number of aromatic nitrogens is 1. The maximum Gasteiger partial charge on any atom is 0.340 e. The SMILES string of the molecule is Cc1c(CC(=O)N2C[C@@H]3C[C@H](C2)c2cccc(=O)n2C3)c(=O)oc2c(C)c(O)ccc12. The van der Waals surface area contributed by atoms with Gasteiger partial charge in [0.25, 0.3) is 5.56 Å². The van der Waals surface area contributed by atoms with Crippen molar-refractivity contribution < 1.29 is 14.3 Å². The molecule has 0 aliphatic carbocycles. The lowest BCUT2D eigenvalue weighted by Gasteiger charge is -2.42. The molecule has 5 rings (SSSR count). The summed E-state index contributed by atoms with van der Waals surface area (Å²) in [6, 6.07) is 8.61. The van der Waals surface area contributed by atoms with Crippen molar-refractivity contribution in [3.63, 3.8) is 0 Å². The second-order valence-corrected chi connectivity index (χ2v) is 8.75. The van der Waals surface area contributed by atoms with Gasteiger partial charge in [0.2, 0.25) is 5.91 Å². The molecule has 160 valence electrons. The van der Waals surface area contributed by atoms with Gasteiger partial charge in [-0.05, 0) is 49.9 Å². The number of nitrogens with zero attached hydrogens (tertiary/aromatic N) is 2. The Morgan fingerprint density at radius 1 is 1.10 bits per heavy atom. The maximum absolute atomic E-state index is 13.2. The normalized spacial score (nSPS) is 20.0. The molecule has 1 N–H and O–H groups in total. The number of carbonyl (C=O) groups is 1. The van der Waals surface area contributed by atoms with Crippen molar-refractivity contribution in [1.82, 2.24) is 9.47 Å². The zero-order valence-electron chi connectivity index (χ0n) is 17.6. The van der Waals surface area contributed by atoms with Crippen LogP contribution in [0.1, 0.15) is 34.7 Å². The number of pyridine rings is 1. The van der Waals surface area contributed by atoms with E-state index in [-0.39, 0.29) is 35.5 Å². The van der Waals surface area contributed by atoms with E-state index in [9.17, 15) is 19.5 Å². The first-order valence-electron chi connectivity index (χ1n) is 10.6. The molecule has 2 bridgehead atoms. The highest BCUT2D eigenvalue weighted by Gasteiger charge is 2.36. The van der Waals surface area contributed by atoms with Crippen molar-refractivity contribution in [1.29, 1.82) is 0 Å². The first-order valence-corrected chi connectivity index (χ1v) is 10.6. The van der Waals surface area contributed by atoms with Crippen LogP contribution in [0, 0.1) is 19.8 Å². The fourth-order valence-corrected chi connectivity index (χ4v) is 5.15. The fourth-order valence-electron chi connectivity index (χ4n) is 5.15. The number of phenolic OH excluding ortho intramolecular Hbond substituents is 1. The van der Waals surface area contributed by atoms with Crippen LogP contribution in [0.25, 0.3) is 11.0 Å². The molecule has 31 heavy (non-hydrogen) atoms. The van der Waals surface area contributed by atoms with Crippen LogP contribution in [-0.4, -0.2) is 33.6 Å². The Kier molecular flexibility index (Phi) is 4.50. The van der Waals surface area contributed by atoms with Crippen molar-refractivity contribution in [3.05, 3.63) is 73.5 Å². The van der Waals surface area contributed by atoms with E-state index in [1.54, 1.807) is 31.2 Å². The van der Waals surface area contributed by atoms with Gasteiger partial charge in [-0.15, -0.1) is 0 Å². The first kappa shape index (κ1) is 19.6. The third kappa shape index (κ3) is 3.15. The van der Waals surface area contributed by atoms with E-state index in [0.29, 0.717) is 41.9 Å². The van der Waals surface area contributed by atoms with Crippen LogP contribution in [0.2, 0.25) is 0 Å². The highest BCUT2D eigenvalue weighted by Crippen LogP contribution is 2.35. The quantitative estimate of drug-likeness (QED) is 0.643. The number of benzene rings is 1. The van der Waals surface area contributed by atoms with Gasteiger partial charge in [-0.2, -0.15) is 0 Å². The predicted octanol–water partition coefficient (Wildman–Crippen LogP) is 2.47. The van der Waals surface area contributed by atoms with Gasteiger partial charge < -0.3 is 19.0 Å². The molecule has 4 heterocycles. The largest absolute Gasteiger partial charge is 0.508 e. The second-order valence-electron chi connectivity index (χ2n) is 8.75. The Hall–Kier alpha value is -3.35. The number of hydrogen-bond acceptors (Lipinski definition) is 5. The lowest BCUT2D eigenvalue weighted by molar-refractivity contribution is -0.133. The molecule has 1 aromatic carbocycles. The molecule has 1 saturated heterocycles. The lowest BCUT2D eigenvalue weighted by Crippen LogP contribution is -2.49. The second kappa shape index (κ2) is 7.11. The molecule has 3 aromatic rings. The standard InChI is InChI=1S/C24H24N2O5/c1-13-17-6-7-20(27)14(2)23(17)31-24(30)18(13)9-22(29)25-10-15-8-16(12-25)19-4-3-5-21(28)26(19)11-15/h3-7,15-16,27H,8-12H2,1-2H3/t15-,16+/m0/s1. The smallest absolute Gasteiger partial charge is 0.340 e. The van der Waals surface area contributed by atoms with Gasteiger partial charge in [0.1, 0.15) is 11.3 Å². The minimum Gasteiger partial charge on any atom is -0.508 e. The summed E-state index contributed by atoms with van der Waals surface area (Å²) in [5.74, 6) is 0.324.